The highest BCUT2D eigenvalue weighted by atomic mass is 19.1. The van der Waals surface area contributed by atoms with E-state index in [0.717, 1.165) is 37.2 Å². The summed E-state index contributed by atoms with van der Waals surface area (Å²) < 4.78 is 32.2. The maximum atomic E-state index is 14.8. The molecule has 1 aromatic rings. The fraction of sp³-hybridized carbons (Fsp3) is 0.647. The second-order valence-corrected chi connectivity index (χ2v) is 12.8. The Balaban J connectivity index is 1.56. The molecule has 3 aliphatic rings. The maximum Gasteiger partial charge on any atom is 0.410 e. The number of hydrogen-bond acceptors (Lipinski definition) is 8. The van der Waals surface area contributed by atoms with Gasteiger partial charge in [-0.05, 0) is 81.0 Å². The standard InChI is InChI=1S/C34H50FN3O6/c1-23-6-8-30(39)22-32(40)44-33(24(2)7-9-31(23)43-34(41)38-14-12-36(4)13-15-38)25(3)18-26-19-27(35)21-29(20-26)37(5)28-10-16-42-17-11-28/h7,9,18-21,23-24,28,30-31,33,39H,6,8,10-17,22H2,1-5H3/b9-7-,25-18+/t23-,24-,30+,31-,33-/m0/s1. The molecule has 2 fully saturated rings. The van der Waals surface area contributed by atoms with Crippen molar-refractivity contribution >= 4 is 23.8 Å². The number of cyclic esters (lactones) is 1. The van der Waals surface area contributed by atoms with E-state index in [1.54, 1.807) is 4.90 Å². The van der Waals surface area contributed by atoms with Crippen molar-refractivity contribution in [1.29, 1.82) is 0 Å². The molecule has 3 aliphatic heterocycles. The van der Waals surface area contributed by atoms with E-state index in [4.69, 9.17) is 14.2 Å². The zero-order valence-electron chi connectivity index (χ0n) is 26.9. The Hall–Kier alpha value is -2.95. The van der Waals surface area contributed by atoms with Crippen LogP contribution in [0.4, 0.5) is 14.9 Å². The van der Waals surface area contributed by atoms with Crippen LogP contribution in [0.15, 0.2) is 35.9 Å². The van der Waals surface area contributed by atoms with E-state index < -0.39 is 24.3 Å². The molecule has 1 amide bonds. The summed E-state index contributed by atoms with van der Waals surface area (Å²) in [5, 5.41) is 10.6. The van der Waals surface area contributed by atoms with Crippen LogP contribution >= 0.6 is 0 Å². The number of carbonyl (C=O) groups is 2. The van der Waals surface area contributed by atoms with Crippen molar-refractivity contribution in [3.8, 4) is 0 Å². The molecule has 10 heteroatoms. The summed E-state index contributed by atoms with van der Waals surface area (Å²) >= 11 is 0. The lowest BCUT2D eigenvalue weighted by atomic mass is 9.91. The summed E-state index contributed by atoms with van der Waals surface area (Å²) in [5.74, 6) is -1.16. The number of carbonyl (C=O) groups excluding carboxylic acids is 2. The summed E-state index contributed by atoms with van der Waals surface area (Å²) in [6.07, 6.45) is 5.91. The number of benzene rings is 1. The monoisotopic (exact) mass is 615 g/mol. The minimum absolute atomic E-state index is 0.0616. The first-order chi connectivity index (χ1) is 21.0. The van der Waals surface area contributed by atoms with E-state index in [-0.39, 0.29) is 36.2 Å². The second kappa shape index (κ2) is 15.9. The largest absolute Gasteiger partial charge is 0.457 e. The molecule has 0 unspecified atom stereocenters. The Bertz CT molecular complexity index is 1180. The number of halogens is 1. The van der Waals surface area contributed by atoms with Crippen molar-refractivity contribution in [2.24, 2.45) is 11.8 Å². The summed E-state index contributed by atoms with van der Waals surface area (Å²) in [6.45, 7) is 10.0. The number of likely N-dealkylation sites (N-methyl/N-ethyl adjacent to an activating group) is 1. The average molecular weight is 616 g/mol. The van der Waals surface area contributed by atoms with Crippen LogP contribution in [0.3, 0.4) is 0 Å². The molecule has 0 bridgehead atoms. The lowest BCUT2D eigenvalue weighted by Crippen LogP contribution is -2.48. The third kappa shape index (κ3) is 9.52. The molecule has 1 aromatic carbocycles. The third-order valence-corrected chi connectivity index (χ3v) is 9.15. The summed E-state index contributed by atoms with van der Waals surface area (Å²) in [4.78, 5) is 32.0. The van der Waals surface area contributed by atoms with Crippen LogP contribution in [-0.2, 0) is 19.0 Å². The number of amides is 1. The quantitative estimate of drug-likeness (QED) is 0.370. The maximum absolute atomic E-state index is 14.8. The van der Waals surface area contributed by atoms with Crippen molar-refractivity contribution in [2.45, 2.75) is 77.2 Å². The van der Waals surface area contributed by atoms with Gasteiger partial charge in [-0.2, -0.15) is 0 Å². The average Bonchev–Trinajstić information content (AvgIpc) is 3.00. The van der Waals surface area contributed by atoms with Crippen LogP contribution in [0.25, 0.3) is 6.08 Å². The van der Waals surface area contributed by atoms with Gasteiger partial charge in [0.15, 0.2) is 0 Å². The van der Waals surface area contributed by atoms with Gasteiger partial charge in [0.1, 0.15) is 18.0 Å². The molecule has 4 rings (SSSR count). The second-order valence-electron chi connectivity index (χ2n) is 12.8. The molecule has 0 aliphatic carbocycles. The van der Waals surface area contributed by atoms with Crippen molar-refractivity contribution in [2.75, 3.05) is 58.4 Å². The van der Waals surface area contributed by atoms with Gasteiger partial charge in [0.05, 0.1) is 12.5 Å². The number of rotatable bonds is 5. The molecule has 0 aromatic heterocycles. The zero-order chi connectivity index (χ0) is 31.8. The van der Waals surface area contributed by atoms with Gasteiger partial charge in [-0.1, -0.05) is 26.0 Å². The lowest BCUT2D eigenvalue weighted by molar-refractivity contribution is -0.151. The third-order valence-electron chi connectivity index (χ3n) is 9.15. The Morgan fingerprint density at radius 2 is 1.77 bits per heavy atom. The van der Waals surface area contributed by atoms with E-state index in [0.29, 0.717) is 44.7 Å². The highest BCUT2D eigenvalue weighted by molar-refractivity contribution is 5.71. The molecule has 0 radical (unpaired) electrons. The van der Waals surface area contributed by atoms with Crippen LogP contribution in [0.2, 0.25) is 0 Å². The SMILES string of the molecule is C/C(=C\c1cc(F)cc(N(C)C2CCOCC2)c1)[C@H]1OC(=O)C[C@H](O)CC[C@H](C)[C@@H](OC(=O)N2CCN(C)CC2)/C=C\[C@@H]1C. The molecule has 0 spiro atoms. The van der Waals surface area contributed by atoms with E-state index in [1.807, 2.05) is 59.2 Å². The predicted octanol–water partition coefficient (Wildman–Crippen LogP) is 4.88. The Kier molecular flexibility index (Phi) is 12.2. The number of aliphatic hydroxyl groups is 1. The molecule has 244 valence electrons. The lowest BCUT2D eigenvalue weighted by Gasteiger charge is -2.33. The number of ether oxygens (including phenoxy) is 3. The van der Waals surface area contributed by atoms with Crippen molar-refractivity contribution < 1.29 is 33.3 Å². The van der Waals surface area contributed by atoms with Crippen molar-refractivity contribution in [3.05, 3.63) is 47.3 Å². The van der Waals surface area contributed by atoms with Crippen LogP contribution in [0.1, 0.15) is 58.4 Å². The first-order valence-electron chi connectivity index (χ1n) is 16.0. The van der Waals surface area contributed by atoms with Crippen molar-refractivity contribution in [1.82, 2.24) is 9.80 Å². The highest BCUT2D eigenvalue weighted by Gasteiger charge is 2.29. The molecule has 1 N–H and O–H groups in total. The Morgan fingerprint density at radius 1 is 1.07 bits per heavy atom. The zero-order valence-corrected chi connectivity index (χ0v) is 26.9. The van der Waals surface area contributed by atoms with Gasteiger partial charge in [-0.3, -0.25) is 4.79 Å². The minimum atomic E-state index is -0.867. The topological polar surface area (TPSA) is 91.8 Å². The number of esters is 1. The molecular weight excluding hydrogens is 565 g/mol. The molecule has 44 heavy (non-hydrogen) atoms. The van der Waals surface area contributed by atoms with Crippen molar-refractivity contribution in [3.63, 3.8) is 0 Å². The highest BCUT2D eigenvalue weighted by Crippen LogP contribution is 2.28. The number of anilines is 1. The van der Waals surface area contributed by atoms with Gasteiger partial charge < -0.3 is 34.0 Å². The first-order valence-corrected chi connectivity index (χ1v) is 16.0. The Morgan fingerprint density at radius 3 is 2.48 bits per heavy atom. The molecular formula is C34H50FN3O6. The van der Waals surface area contributed by atoms with E-state index in [1.165, 1.54) is 12.1 Å². The van der Waals surface area contributed by atoms with Crippen LogP contribution < -0.4 is 4.90 Å². The molecule has 5 atom stereocenters. The molecule has 2 saturated heterocycles. The summed E-state index contributed by atoms with van der Waals surface area (Å²) in [7, 11) is 4.01. The fourth-order valence-corrected chi connectivity index (χ4v) is 6.14. The molecule has 9 nitrogen and oxygen atoms in total. The summed E-state index contributed by atoms with van der Waals surface area (Å²) in [5.41, 5.74) is 2.19. The number of hydrogen-bond donors (Lipinski definition) is 1. The molecule has 0 saturated carbocycles. The summed E-state index contributed by atoms with van der Waals surface area (Å²) in [6, 6.07) is 5.23. The van der Waals surface area contributed by atoms with Gasteiger partial charge in [0.2, 0.25) is 0 Å². The van der Waals surface area contributed by atoms with E-state index in [9.17, 15) is 19.1 Å². The predicted molar refractivity (Wildman–Crippen MR) is 169 cm³/mol. The van der Waals surface area contributed by atoms with Gasteiger partial charge >= 0.3 is 12.1 Å². The first kappa shape index (κ1) is 33.9. The minimum Gasteiger partial charge on any atom is -0.457 e. The normalized spacial score (nSPS) is 29.2. The van der Waals surface area contributed by atoms with Gasteiger partial charge in [-0.15, -0.1) is 0 Å². The van der Waals surface area contributed by atoms with E-state index in [2.05, 4.69) is 9.80 Å². The Labute approximate surface area is 261 Å². The van der Waals surface area contributed by atoms with Crippen LogP contribution in [-0.4, -0.2) is 105 Å². The van der Waals surface area contributed by atoms with E-state index >= 15 is 0 Å². The smallest absolute Gasteiger partial charge is 0.410 e. The number of aliphatic hydroxyl groups excluding tert-OH is 1. The van der Waals surface area contributed by atoms with Gasteiger partial charge in [0.25, 0.3) is 0 Å². The van der Waals surface area contributed by atoms with Gasteiger partial charge in [0, 0.05) is 64.1 Å². The number of nitrogens with zero attached hydrogens (tertiary/aromatic N) is 3. The van der Waals surface area contributed by atoms with Crippen LogP contribution in [0.5, 0.6) is 0 Å². The number of piperazine rings is 1. The fourth-order valence-electron chi connectivity index (χ4n) is 6.14. The van der Waals surface area contributed by atoms with Crippen LogP contribution in [0, 0.1) is 17.7 Å². The molecule has 3 heterocycles. The van der Waals surface area contributed by atoms with Gasteiger partial charge in [-0.25, -0.2) is 9.18 Å².